The SMILES string of the molecule is C[C@@H](O)c1cc[nH]c1. The molecule has 1 atom stereocenters. The molecule has 1 aromatic rings. The van der Waals surface area contributed by atoms with Gasteiger partial charge >= 0.3 is 0 Å². The second kappa shape index (κ2) is 2.01. The summed E-state index contributed by atoms with van der Waals surface area (Å²) in [4.78, 5) is 2.85. The molecule has 0 saturated carbocycles. The van der Waals surface area contributed by atoms with Crippen LogP contribution in [0.4, 0.5) is 0 Å². The third-order valence-electron chi connectivity index (χ3n) is 1.10. The van der Waals surface area contributed by atoms with Crippen molar-refractivity contribution in [1.82, 2.24) is 4.98 Å². The fourth-order valence-corrected chi connectivity index (χ4v) is 0.597. The number of H-pyrrole nitrogens is 1. The minimum absolute atomic E-state index is 0.346. The van der Waals surface area contributed by atoms with E-state index in [0.29, 0.717) is 0 Å². The molecule has 0 saturated heterocycles. The molecule has 2 heteroatoms. The van der Waals surface area contributed by atoms with Crippen LogP contribution in [0.2, 0.25) is 0 Å². The number of aromatic amines is 1. The fourth-order valence-electron chi connectivity index (χ4n) is 0.597. The van der Waals surface area contributed by atoms with Crippen LogP contribution in [0.15, 0.2) is 18.5 Å². The molecule has 0 radical (unpaired) electrons. The Labute approximate surface area is 48.2 Å². The number of aromatic nitrogens is 1. The first-order valence-corrected chi connectivity index (χ1v) is 2.61. The number of aliphatic hydroxyl groups excluding tert-OH is 1. The second-order valence-electron chi connectivity index (χ2n) is 1.82. The van der Waals surface area contributed by atoms with E-state index in [1.807, 2.05) is 6.07 Å². The van der Waals surface area contributed by atoms with Crippen molar-refractivity contribution in [2.75, 3.05) is 0 Å². The van der Waals surface area contributed by atoms with Crippen LogP contribution in [-0.4, -0.2) is 10.1 Å². The highest BCUT2D eigenvalue weighted by molar-refractivity contribution is 5.10. The highest BCUT2D eigenvalue weighted by Gasteiger charge is 1.96. The molecule has 0 bridgehead atoms. The summed E-state index contributed by atoms with van der Waals surface area (Å²) < 4.78 is 0. The number of aliphatic hydroxyl groups is 1. The number of hydrogen-bond acceptors (Lipinski definition) is 1. The molecule has 1 aromatic heterocycles. The van der Waals surface area contributed by atoms with E-state index in [1.54, 1.807) is 19.3 Å². The summed E-state index contributed by atoms with van der Waals surface area (Å²) in [6.45, 7) is 1.74. The van der Waals surface area contributed by atoms with Crippen LogP contribution in [0.5, 0.6) is 0 Å². The Balaban J connectivity index is 2.77. The van der Waals surface area contributed by atoms with Gasteiger partial charge in [0, 0.05) is 12.4 Å². The lowest BCUT2D eigenvalue weighted by Crippen LogP contribution is -1.85. The van der Waals surface area contributed by atoms with Crippen molar-refractivity contribution in [1.29, 1.82) is 0 Å². The van der Waals surface area contributed by atoms with Crippen molar-refractivity contribution in [2.45, 2.75) is 13.0 Å². The van der Waals surface area contributed by atoms with E-state index < -0.39 is 0 Å². The van der Waals surface area contributed by atoms with E-state index in [4.69, 9.17) is 5.11 Å². The van der Waals surface area contributed by atoms with Crippen molar-refractivity contribution in [2.24, 2.45) is 0 Å². The maximum Gasteiger partial charge on any atom is 0.0776 e. The number of hydrogen-bond donors (Lipinski definition) is 2. The quantitative estimate of drug-likeness (QED) is 0.558. The Bertz CT molecular complexity index is 144. The molecular formula is C6H9NO. The average Bonchev–Trinajstić information content (AvgIpc) is 2.12. The molecule has 1 heterocycles. The van der Waals surface area contributed by atoms with Gasteiger partial charge in [0.05, 0.1) is 6.10 Å². The van der Waals surface area contributed by atoms with Gasteiger partial charge in [-0.25, -0.2) is 0 Å². The number of rotatable bonds is 1. The number of nitrogens with one attached hydrogen (secondary N) is 1. The van der Waals surface area contributed by atoms with Crippen molar-refractivity contribution in [3.8, 4) is 0 Å². The van der Waals surface area contributed by atoms with Crippen LogP contribution in [-0.2, 0) is 0 Å². The summed E-state index contributed by atoms with van der Waals surface area (Å²) in [5.74, 6) is 0. The lowest BCUT2D eigenvalue weighted by atomic mass is 10.2. The monoisotopic (exact) mass is 111 g/mol. The van der Waals surface area contributed by atoms with Crippen LogP contribution in [0.3, 0.4) is 0 Å². The molecule has 2 N–H and O–H groups in total. The third kappa shape index (κ3) is 0.898. The second-order valence-corrected chi connectivity index (χ2v) is 1.82. The van der Waals surface area contributed by atoms with Gasteiger partial charge in [-0.05, 0) is 18.6 Å². The molecule has 8 heavy (non-hydrogen) atoms. The summed E-state index contributed by atoms with van der Waals surface area (Å²) >= 11 is 0. The summed E-state index contributed by atoms with van der Waals surface area (Å²) in [5, 5.41) is 8.89. The lowest BCUT2D eigenvalue weighted by molar-refractivity contribution is 0.199. The maximum atomic E-state index is 8.89. The molecule has 0 fully saturated rings. The smallest absolute Gasteiger partial charge is 0.0776 e. The van der Waals surface area contributed by atoms with E-state index in [2.05, 4.69) is 4.98 Å². The zero-order chi connectivity index (χ0) is 5.98. The van der Waals surface area contributed by atoms with Gasteiger partial charge in [0.25, 0.3) is 0 Å². The summed E-state index contributed by atoms with van der Waals surface area (Å²) in [5.41, 5.74) is 0.935. The first-order valence-electron chi connectivity index (χ1n) is 2.61. The van der Waals surface area contributed by atoms with Crippen LogP contribution >= 0.6 is 0 Å². The van der Waals surface area contributed by atoms with Gasteiger partial charge in [0.1, 0.15) is 0 Å². The molecular weight excluding hydrogens is 102 g/mol. The zero-order valence-electron chi connectivity index (χ0n) is 4.76. The molecule has 0 aliphatic carbocycles. The maximum absolute atomic E-state index is 8.89. The summed E-state index contributed by atoms with van der Waals surface area (Å²) in [7, 11) is 0. The largest absolute Gasteiger partial charge is 0.389 e. The lowest BCUT2D eigenvalue weighted by Gasteiger charge is -1.95. The molecule has 2 nitrogen and oxygen atoms in total. The van der Waals surface area contributed by atoms with Crippen molar-refractivity contribution < 1.29 is 5.11 Å². The highest BCUT2D eigenvalue weighted by atomic mass is 16.3. The summed E-state index contributed by atoms with van der Waals surface area (Å²) in [6.07, 6.45) is 3.23. The van der Waals surface area contributed by atoms with Crippen LogP contribution in [0.25, 0.3) is 0 Å². The van der Waals surface area contributed by atoms with E-state index in [0.717, 1.165) is 5.56 Å². The Morgan fingerprint density at radius 3 is 2.75 bits per heavy atom. The molecule has 0 spiro atoms. The summed E-state index contributed by atoms with van der Waals surface area (Å²) in [6, 6.07) is 1.85. The Morgan fingerprint density at radius 2 is 2.50 bits per heavy atom. The predicted molar refractivity (Wildman–Crippen MR) is 31.4 cm³/mol. The van der Waals surface area contributed by atoms with Crippen molar-refractivity contribution >= 4 is 0 Å². The van der Waals surface area contributed by atoms with Gasteiger partial charge in [-0.15, -0.1) is 0 Å². The Hall–Kier alpha value is -0.760. The minimum atomic E-state index is -0.346. The Kier molecular flexibility index (Phi) is 1.35. The first-order chi connectivity index (χ1) is 3.80. The van der Waals surface area contributed by atoms with Crippen LogP contribution in [0, 0.1) is 0 Å². The standard InChI is InChI=1S/C6H9NO/c1-5(8)6-2-3-7-4-6/h2-5,7-8H,1H3/t5-/m1/s1. The van der Waals surface area contributed by atoms with Gasteiger partial charge in [-0.1, -0.05) is 0 Å². The Morgan fingerprint density at radius 1 is 1.75 bits per heavy atom. The molecule has 1 rings (SSSR count). The van der Waals surface area contributed by atoms with Crippen LogP contribution in [0.1, 0.15) is 18.6 Å². The third-order valence-corrected chi connectivity index (χ3v) is 1.10. The van der Waals surface area contributed by atoms with Gasteiger partial charge in [-0.2, -0.15) is 0 Å². The van der Waals surface area contributed by atoms with E-state index >= 15 is 0 Å². The van der Waals surface area contributed by atoms with Gasteiger partial charge < -0.3 is 10.1 Å². The van der Waals surface area contributed by atoms with E-state index in [9.17, 15) is 0 Å². The minimum Gasteiger partial charge on any atom is -0.389 e. The van der Waals surface area contributed by atoms with Gasteiger partial charge in [0.15, 0.2) is 0 Å². The molecule has 0 aliphatic heterocycles. The van der Waals surface area contributed by atoms with Gasteiger partial charge in [-0.3, -0.25) is 0 Å². The van der Waals surface area contributed by atoms with Gasteiger partial charge in [0.2, 0.25) is 0 Å². The topological polar surface area (TPSA) is 36.0 Å². The average molecular weight is 111 g/mol. The van der Waals surface area contributed by atoms with E-state index in [-0.39, 0.29) is 6.10 Å². The molecule has 0 unspecified atom stereocenters. The van der Waals surface area contributed by atoms with Crippen molar-refractivity contribution in [3.63, 3.8) is 0 Å². The normalized spacial score (nSPS) is 13.8. The molecule has 0 aromatic carbocycles. The molecule has 44 valence electrons. The highest BCUT2D eigenvalue weighted by Crippen LogP contribution is 2.08. The zero-order valence-corrected chi connectivity index (χ0v) is 4.76. The predicted octanol–water partition coefficient (Wildman–Crippen LogP) is 1.07. The van der Waals surface area contributed by atoms with Crippen molar-refractivity contribution in [3.05, 3.63) is 24.0 Å². The van der Waals surface area contributed by atoms with Crippen LogP contribution < -0.4 is 0 Å². The molecule has 0 amide bonds. The first kappa shape index (κ1) is 5.38. The van der Waals surface area contributed by atoms with E-state index in [1.165, 1.54) is 0 Å². The fraction of sp³-hybridized carbons (Fsp3) is 0.333. The molecule has 0 aliphatic rings.